The fourth-order valence-electron chi connectivity index (χ4n) is 3.99. The van der Waals surface area contributed by atoms with Gasteiger partial charge in [0.25, 0.3) is 5.91 Å². The Morgan fingerprint density at radius 2 is 1.93 bits per heavy atom. The molecule has 0 aromatic heterocycles. The first-order valence-electron chi connectivity index (χ1n) is 10.0. The molecule has 0 spiro atoms. The third-order valence-electron chi connectivity index (χ3n) is 5.60. The molecule has 1 aromatic rings. The number of nitrogens with one attached hydrogen (secondary N) is 1. The summed E-state index contributed by atoms with van der Waals surface area (Å²) in [6, 6.07) is 5.98. The fraction of sp³-hybridized carbons (Fsp3) is 0.619. The third-order valence-corrected chi connectivity index (χ3v) is 5.60. The molecule has 6 heteroatoms. The Morgan fingerprint density at radius 1 is 1.19 bits per heavy atom. The molecule has 3 rings (SSSR count). The van der Waals surface area contributed by atoms with E-state index in [0.717, 1.165) is 44.0 Å². The summed E-state index contributed by atoms with van der Waals surface area (Å²) in [5, 5.41) is 3.11. The molecule has 1 saturated heterocycles. The first-order chi connectivity index (χ1) is 13.0. The molecule has 1 aromatic carbocycles. The van der Waals surface area contributed by atoms with Crippen LogP contribution in [-0.4, -0.2) is 62.1 Å². The minimum atomic E-state index is -0.0445. The van der Waals surface area contributed by atoms with Crippen LogP contribution >= 0.6 is 0 Å². The largest absolute Gasteiger partial charge is 0.379 e. The van der Waals surface area contributed by atoms with Gasteiger partial charge >= 0.3 is 0 Å². The third kappa shape index (κ3) is 4.50. The van der Waals surface area contributed by atoms with Gasteiger partial charge in [-0.05, 0) is 36.1 Å². The monoisotopic (exact) mass is 373 g/mol. The highest BCUT2D eigenvalue weighted by molar-refractivity contribution is 5.98. The number of carbonyl (C=O) groups is 2. The summed E-state index contributed by atoms with van der Waals surface area (Å²) >= 11 is 0. The van der Waals surface area contributed by atoms with E-state index in [0.29, 0.717) is 37.0 Å². The molecular formula is C21H31N3O3. The van der Waals surface area contributed by atoms with E-state index in [2.05, 4.69) is 24.1 Å². The van der Waals surface area contributed by atoms with Gasteiger partial charge in [0.15, 0.2) is 0 Å². The number of carbonyl (C=O) groups excluding carboxylic acids is 2. The Bertz CT molecular complexity index is 683. The molecule has 1 N–H and O–H groups in total. The lowest BCUT2D eigenvalue weighted by Gasteiger charge is -2.36. The average molecular weight is 373 g/mol. The van der Waals surface area contributed by atoms with Crippen molar-refractivity contribution in [1.82, 2.24) is 10.2 Å². The molecule has 0 radical (unpaired) electrons. The topological polar surface area (TPSA) is 61.9 Å². The van der Waals surface area contributed by atoms with Crippen LogP contribution in [0.4, 0.5) is 5.69 Å². The maximum atomic E-state index is 12.7. The molecule has 0 aliphatic carbocycles. The SMILES string of the molecule is CCC(=O)N1CCc2cc(C(=O)NCC(C(C)C)N3CCOCC3)ccc21. The first-order valence-corrected chi connectivity index (χ1v) is 10.0. The zero-order chi connectivity index (χ0) is 19.4. The second kappa shape index (κ2) is 8.85. The molecule has 2 heterocycles. The molecule has 27 heavy (non-hydrogen) atoms. The van der Waals surface area contributed by atoms with E-state index >= 15 is 0 Å². The van der Waals surface area contributed by atoms with Gasteiger partial charge < -0.3 is 15.0 Å². The summed E-state index contributed by atoms with van der Waals surface area (Å²) in [7, 11) is 0. The van der Waals surface area contributed by atoms with Crippen molar-refractivity contribution in [3.05, 3.63) is 29.3 Å². The molecule has 0 saturated carbocycles. The molecule has 6 nitrogen and oxygen atoms in total. The van der Waals surface area contributed by atoms with Gasteiger partial charge in [-0.1, -0.05) is 20.8 Å². The highest BCUT2D eigenvalue weighted by Crippen LogP contribution is 2.29. The van der Waals surface area contributed by atoms with Crippen molar-refractivity contribution in [2.45, 2.75) is 39.7 Å². The minimum absolute atomic E-state index is 0.0445. The predicted octanol–water partition coefficient (Wildman–Crippen LogP) is 2.07. The molecular weight excluding hydrogens is 342 g/mol. The van der Waals surface area contributed by atoms with Crippen LogP contribution in [0, 0.1) is 5.92 Å². The zero-order valence-corrected chi connectivity index (χ0v) is 16.7. The Hall–Kier alpha value is -1.92. The van der Waals surface area contributed by atoms with Crippen LogP contribution in [-0.2, 0) is 16.0 Å². The van der Waals surface area contributed by atoms with E-state index in [4.69, 9.17) is 4.74 Å². The molecule has 1 atom stereocenters. The molecule has 2 amide bonds. The Balaban J connectivity index is 1.63. The summed E-state index contributed by atoms with van der Waals surface area (Å²) in [6.07, 6.45) is 1.31. The van der Waals surface area contributed by atoms with Gasteiger partial charge in [-0.2, -0.15) is 0 Å². The van der Waals surface area contributed by atoms with E-state index in [9.17, 15) is 9.59 Å². The maximum absolute atomic E-state index is 12.7. The average Bonchev–Trinajstić information content (AvgIpc) is 3.11. The van der Waals surface area contributed by atoms with Gasteiger partial charge in [0, 0.05) is 49.9 Å². The number of amides is 2. The number of rotatable bonds is 6. The van der Waals surface area contributed by atoms with Gasteiger partial charge in [0.1, 0.15) is 0 Å². The number of nitrogens with zero attached hydrogens (tertiary/aromatic N) is 2. The number of benzene rings is 1. The standard InChI is InChI=1S/C21H31N3O3/c1-4-20(25)24-8-7-16-13-17(5-6-18(16)24)21(26)22-14-19(15(2)3)23-9-11-27-12-10-23/h5-6,13,15,19H,4,7-12,14H2,1-3H3,(H,22,26). The summed E-state index contributed by atoms with van der Waals surface area (Å²) in [5.74, 6) is 0.547. The van der Waals surface area contributed by atoms with Gasteiger partial charge in [0.05, 0.1) is 13.2 Å². The second-order valence-electron chi connectivity index (χ2n) is 7.66. The summed E-state index contributed by atoms with van der Waals surface area (Å²) in [5.41, 5.74) is 2.70. The lowest BCUT2D eigenvalue weighted by Crippen LogP contribution is -2.51. The van der Waals surface area contributed by atoms with Crippen LogP contribution in [0.25, 0.3) is 0 Å². The van der Waals surface area contributed by atoms with E-state index in [-0.39, 0.29) is 11.8 Å². The van der Waals surface area contributed by atoms with Crippen molar-refractivity contribution < 1.29 is 14.3 Å². The van der Waals surface area contributed by atoms with Crippen molar-refractivity contribution in [3.8, 4) is 0 Å². The Kier molecular flexibility index (Phi) is 6.50. The van der Waals surface area contributed by atoms with Crippen LogP contribution in [0.15, 0.2) is 18.2 Å². The van der Waals surface area contributed by atoms with E-state index in [1.165, 1.54) is 0 Å². The number of hydrogen-bond acceptors (Lipinski definition) is 4. The minimum Gasteiger partial charge on any atom is -0.379 e. The van der Waals surface area contributed by atoms with Crippen molar-refractivity contribution in [2.24, 2.45) is 5.92 Å². The summed E-state index contributed by atoms with van der Waals surface area (Å²) < 4.78 is 5.44. The lowest BCUT2D eigenvalue weighted by molar-refractivity contribution is -0.118. The predicted molar refractivity (Wildman–Crippen MR) is 106 cm³/mol. The summed E-state index contributed by atoms with van der Waals surface area (Å²) in [6.45, 7) is 11.0. The molecule has 148 valence electrons. The smallest absolute Gasteiger partial charge is 0.251 e. The van der Waals surface area contributed by atoms with Crippen molar-refractivity contribution >= 4 is 17.5 Å². The van der Waals surface area contributed by atoms with Crippen molar-refractivity contribution in [3.63, 3.8) is 0 Å². The molecule has 2 aliphatic heterocycles. The Morgan fingerprint density at radius 3 is 2.59 bits per heavy atom. The van der Waals surface area contributed by atoms with Gasteiger partial charge in [-0.25, -0.2) is 0 Å². The van der Waals surface area contributed by atoms with Crippen LogP contribution < -0.4 is 10.2 Å². The van der Waals surface area contributed by atoms with E-state index in [1.54, 1.807) is 0 Å². The van der Waals surface area contributed by atoms with Crippen LogP contribution in [0.5, 0.6) is 0 Å². The quantitative estimate of drug-likeness (QED) is 0.829. The highest BCUT2D eigenvalue weighted by Gasteiger charge is 2.26. The number of ether oxygens (including phenoxy) is 1. The van der Waals surface area contributed by atoms with Crippen LogP contribution in [0.2, 0.25) is 0 Å². The van der Waals surface area contributed by atoms with Crippen LogP contribution in [0.3, 0.4) is 0 Å². The fourth-order valence-corrected chi connectivity index (χ4v) is 3.99. The normalized spacial score (nSPS) is 18.4. The summed E-state index contributed by atoms with van der Waals surface area (Å²) in [4.78, 5) is 28.9. The number of morpholine rings is 1. The van der Waals surface area contributed by atoms with Gasteiger partial charge in [0.2, 0.25) is 5.91 Å². The van der Waals surface area contributed by atoms with Gasteiger partial charge in [-0.15, -0.1) is 0 Å². The number of fused-ring (bicyclic) bond motifs is 1. The van der Waals surface area contributed by atoms with Crippen molar-refractivity contribution in [2.75, 3.05) is 44.3 Å². The molecule has 1 unspecified atom stereocenters. The molecule has 0 bridgehead atoms. The van der Waals surface area contributed by atoms with E-state index < -0.39 is 0 Å². The zero-order valence-electron chi connectivity index (χ0n) is 16.7. The van der Waals surface area contributed by atoms with E-state index in [1.807, 2.05) is 30.0 Å². The van der Waals surface area contributed by atoms with Crippen LogP contribution in [0.1, 0.15) is 43.1 Å². The Labute approximate surface area is 161 Å². The number of anilines is 1. The van der Waals surface area contributed by atoms with Gasteiger partial charge in [-0.3, -0.25) is 14.5 Å². The maximum Gasteiger partial charge on any atom is 0.251 e. The lowest BCUT2D eigenvalue weighted by atomic mass is 10.0. The molecule has 2 aliphatic rings. The first kappa shape index (κ1) is 19.8. The second-order valence-corrected chi connectivity index (χ2v) is 7.66. The van der Waals surface area contributed by atoms with Crippen molar-refractivity contribution in [1.29, 1.82) is 0 Å². The molecule has 1 fully saturated rings. The number of hydrogen-bond donors (Lipinski definition) is 1. The highest BCUT2D eigenvalue weighted by atomic mass is 16.5.